The topological polar surface area (TPSA) is 44.5 Å². The maximum atomic E-state index is 6.27. The van der Waals surface area contributed by atoms with Gasteiger partial charge in [-0.15, -0.1) is 0 Å². The molecule has 102 valence electrons. The van der Waals surface area contributed by atoms with E-state index in [1.165, 1.54) is 0 Å². The van der Waals surface area contributed by atoms with Crippen LogP contribution in [-0.2, 0) is 0 Å². The van der Waals surface area contributed by atoms with E-state index in [2.05, 4.69) is 6.92 Å². The van der Waals surface area contributed by atoms with Crippen LogP contribution in [0.3, 0.4) is 0 Å². The lowest BCUT2D eigenvalue weighted by molar-refractivity contribution is 0.230. The third-order valence-corrected chi connectivity index (χ3v) is 3.10. The predicted octanol–water partition coefficient (Wildman–Crippen LogP) is 3.59. The van der Waals surface area contributed by atoms with Crippen molar-refractivity contribution in [2.24, 2.45) is 5.73 Å². The molecule has 4 heteroatoms. The molecule has 0 radical (unpaired) electrons. The van der Waals surface area contributed by atoms with Gasteiger partial charge in [-0.1, -0.05) is 18.5 Å². The van der Waals surface area contributed by atoms with Gasteiger partial charge in [0, 0.05) is 11.1 Å². The Balaban J connectivity index is 3.12. The van der Waals surface area contributed by atoms with Gasteiger partial charge in [0.15, 0.2) is 11.5 Å². The predicted molar refractivity (Wildman–Crippen MR) is 75.9 cm³/mol. The van der Waals surface area contributed by atoms with Gasteiger partial charge < -0.3 is 15.2 Å². The highest BCUT2D eigenvalue weighted by Gasteiger charge is 2.15. The summed E-state index contributed by atoms with van der Waals surface area (Å²) in [5.74, 6) is 1.70. The van der Waals surface area contributed by atoms with Crippen LogP contribution in [0.25, 0.3) is 0 Å². The van der Waals surface area contributed by atoms with Crippen molar-refractivity contribution in [2.45, 2.75) is 39.2 Å². The number of rotatable bonds is 6. The maximum Gasteiger partial charge on any atom is 0.162 e. The van der Waals surface area contributed by atoms with Crippen molar-refractivity contribution in [3.8, 4) is 11.5 Å². The summed E-state index contributed by atoms with van der Waals surface area (Å²) < 4.78 is 11.0. The van der Waals surface area contributed by atoms with Gasteiger partial charge in [-0.2, -0.15) is 0 Å². The largest absolute Gasteiger partial charge is 0.493 e. The second-order valence-electron chi connectivity index (χ2n) is 4.67. The SMILES string of the molecule is COc1cc(Cl)c(C(C)CCN)cc1OC(C)C. The van der Waals surface area contributed by atoms with E-state index < -0.39 is 0 Å². The van der Waals surface area contributed by atoms with Crippen LogP contribution in [0.15, 0.2) is 12.1 Å². The van der Waals surface area contributed by atoms with E-state index in [9.17, 15) is 0 Å². The molecule has 2 N–H and O–H groups in total. The molecule has 0 bridgehead atoms. The lowest BCUT2D eigenvalue weighted by Gasteiger charge is -2.18. The van der Waals surface area contributed by atoms with E-state index in [1.807, 2.05) is 26.0 Å². The monoisotopic (exact) mass is 271 g/mol. The Labute approximate surface area is 114 Å². The molecule has 0 saturated heterocycles. The van der Waals surface area contributed by atoms with Crippen LogP contribution >= 0.6 is 11.6 Å². The van der Waals surface area contributed by atoms with E-state index in [0.717, 1.165) is 17.7 Å². The van der Waals surface area contributed by atoms with E-state index in [-0.39, 0.29) is 6.10 Å². The standard InChI is InChI=1S/C14H22ClNO2/c1-9(2)18-14-7-11(10(3)5-6-16)12(15)8-13(14)17-4/h7-10H,5-6,16H2,1-4H3. The molecular weight excluding hydrogens is 250 g/mol. The van der Waals surface area contributed by atoms with Crippen molar-refractivity contribution < 1.29 is 9.47 Å². The second kappa shape index (κ2) is 6.86. The number of halogens is 1. The molecule has 0 spiro atoms. The van der Waals surface area contributed by atoms with Crippen LogP contribution in [0, 0.1) is 0 Å². The Morgan fingerprint density at radius 2 is 1.89 bits per heavy atom. The first kappa shape index (κ1) is 15.1. The first-order valence-electron chi connectivity index (χ1n) is 6.23. The van der Waals surface area contributed by atoms with Gasteiger partial charge in [0.05, 0.1) is 13.2 Å². The van der Waals surface area contributed by atoms with Gasteiger partial charge >= 0.3 is 0 Å². The zero-order valence-corrected chi connectivity index (χ0v) is 12.3. The van der Waals surface area contributed by atoms with Crippen LogP contribution in [-0.4, -0.2) is 19.8 Å². The average molecular weight is 272 g/mol. The smallest absolute Gasteiger partial charge is 0.162 e. The summed E-state index contributed by atoms with van der Waals surface area (Å²) in [6.45, 7) is 6.72. The molecule has 1 atom stereocenters. The highest BCUT2D eigenvalue weighted by atomic mass is 35.5. The lowest BCUT2D eigenvalue weighted by Crippen LogP contribution is -2.09. The van der Waals surface area contributed by atoms with E-state index >= 15 is 0 Å². The molecule has 0 heterocycles. The number of benzene rings is 1. The summed E-state index contributed by atoms with van der Waals surface area (Å²) in [6.07, 6.45) is 0.991. The molecule has 0 aliphatic carbocycles. The van der Waals surface area contributed by atoms with Gasteiger partial charge in [0.1, 0.15) is 0 Å². The zero-order chi connectivity index (χ0) is 13.7. The summed E-state index contributed by atoms with van der Waals surface area (Å²) in [6, 6.07) is 3.77. The molecule has 0 aliphatic heterocycles. The summed E-state index contributed by atoms with van der Waals surface area (Å²) in [4.78, 5) is 0. The average Bonchev–Trinajstić information content (AvgIpc) is 2.30. The number of hydrogen-bond donors (Lipinski definition) is 1. The van der Waals surface area contributed by atoms with Gasteiger partial charge in [-0.3, -0.25) is 0 Å². The molecule has 0 amide bonds. The maximum absolute atomic E-state index is 6.27. The van der Waals surface area contributed by atoms with Crippen LogP contribution < -0.4 is 15.2 Å². The minimum Gasteiger partial charge on any atom is -0.493 e. The molecule has 0 saturated carbocycles. The third kappa shape index (κ3) is 3.79. The Kier molecular flexibility index (Phi) is 5.76. The normalized spacial score (nSPS) is 12.6. The number of ether oxygens (including phenoxy) is 2. The lowest BCUT2D eigenvalue weighted by atomic mass is 9.97. The van der Waals surface area contributed by atoms with Gasteiger partial charge in [0.2, 0.25) is 0 Å². The Bertz CT molecular complexity index is 394. The minimum atomic E-state index is 0.0951. The fraction of sp³-hybridized carbons (Fsp3) is 0.571. The van der Waals surface area contributed by atoms with Crippen molar-refractivity contribution in [3.63, 3.8) is 0 Å². The Hall–Kier alpha value is -0.930. The molecule has 18 heavy (non-hydrogen) atoms. The van der Waals surface area contributed by atoms with Gasteiger partial charge in [-0.05, 0) is 44.4 Å². The first-order valence-corrected chi connectivity index (χ1v) is 6.61. The summed E-state index contributed by atoms with van der Waals surface area (Å²) >= 11 is 6.27. The van der Waals surface area contributed by atoms with E-state index in [0.29, 0.717) is 23.2 Å². The Morgan fingerprint density at radius 3 is 2.39 bits per heavy atom. The number of nitrogens with two attached hydrogens (primary N) is 1. The summed E-state index contributed by atoms with van der Waals surface area (Å²) in [5.41, 5.74) is 6.65. The molecule has 1 unspecified atom stereocenters. The molecule has 1 aromatic carbocycles. The molecular formula is C14H22ClNO2. The minimum absolute atomic E-state index is 0.0951. The quantitative estimate of drug-likeness (QED) is 0.860. The van der Waals surface area contributed by atoms with E-state index in [1.54, 1.807) is 7.11 Å². The number of hydrogen-bond acceptors (Lipinski definition) is 3. The molecule has 0 aromatic heterocycles. The van der Waals surface area contributed by atoms with Crippen molar-refractivity contribution in [2.75, 3.05) is 13.7 Å². The summed E-state index contributed by atoms with van der Waals surface area (Å²) in [5, 5.41) is 0.698. The van der Waals surface area contributed by atoms with Crippen molar-refractivity contribution >= 4 is 11.6 Å². The molecule has 3 nitrogen and oxygen atoms in total. The second-order valence-corrected chi connectivity index (χ2v) is 5.08. The molecule has 0 aliphatic rings. The summed E-state index contributed by atoms with van der Waals surface area (Å²) in [7, 11) is 1.61. The molecule has 1 rings (SSSR count). The van der Waals surface area contributed by atoms with Crippen LogP contribution in [0.2, 0.25) is 5.02 Å². The van der Waals surface area contributed by atoms with Crippen molar-refractivity contribution in [1.82, 2.24) is 0 Å². The van der Waals surface area contributed by atoms with Crippen LogP contribution in [0.5, 0.6) is 11.5 Å². The van der Waals surface area contributed by atoms with Gasteiger partial charge in [-0.25, -0.2) is 0 Å². The highest BCUT2D eigenvalue weighted by molar-refractivity contribution is 6.31. The van der Waals surface area contributed by atoms with Crippen LogP contribution in [0.4, 0.5) is 0 Å². The van der Waals surface area contributed by atoms with Crippen LogP contribution in [0.1, 0.15) is 38.7 Å². The van der Waals surface area contributed by atoms with Gasteiger partial charge in [0.25, 0.3) is 0 Å². The van der Waals surface area contributed by atoms with E-state index in [4.69, 9.17) is 26.8 Å². The fourth-order valence-corrected chi connectivity index (χ4v) is 2.18. The molecule has 1 aromatic rings. The number of methoxy groups -OCH3 is 1. The first-order chi connectivity index (χ1) is 8.49. The van der Waals surface area contributed by atoms with Crippen molar-refractivity contribution in [3.05, 3.63) is 22.7 Å². The van der Waals surface area contributed by atoms with Crippen molar-refractivity contribution in [1.29, 1.82) is 0 Å². The highest BCUT2D eigenvalue weighted by Crippen LogP contribution is 2.37. The fourth-order valence-electron chi connectivity index (χ4n) is 1.84. The third-order valence-electron chi connectivity index (χ3n) is 2.78. The molecule has 0 fully saturated rings. The zero-order valence-electron chi connectivity index (χ0n) is 11.5. The Morgan fingerprint density at radius 1 is 1.22 bits per heavy atom.